The average Bonchev–Trinajstić information content (AvgIpc) is 2.70. The maximum Gasteiger partial charge on any atom is 0.253 e. The van der Waals surface area contributed by atoms with Crippen molar-refractivity contribution >= 4 is 39.3 Å². The molecule has 1 amide bonds. The molecule has 0 aliphatic rings. The van der Waals surface area contributed by atoms with Crippen molar-refractivity contribution in [2.45, 2.75) is 6.54 Å². The molecule has 3 N–H and O–H groups in total. The largest absolute Gasteiger partial charge is 0.384 e. The van der Waals surface area contributed by atoms with Crippen LogP contribution in [0, 0.1) is 0 Å². The van der Waals surface area contributed by atoms with Gasteiger partial charge in [0.25, 0.3) is 5.91 Å². The highest BCUT2D eigenvalue weighted by atomic mass is 79.9. The van der Waals surface area contributed by atoms with E-state index < -0.39 is 0 Å². The molecule has 0 bridgehead atoms. The Kier molecular flexibility index (Phi) is 4.11. The van der Waals surface area contributed by atoms with Gasteiger partial charge >= 0.3 is 0 Å². The highest BCUT2D eigenvalue weighted by molar-refractivity contribution is 9.10. The van der Waals surface area contributed by atoms with Gasteiger partial charge in [-0.25, -0.2) is 0 Å². The second kappa shape index (κ2) is 5.63. The molecule has 0 atom stereocenters. The van der Waals surface area contributed by atoms with E-state index in [1.54, 1.807) is 36.1 Å². The number of carbonyl (C=O) groups is 1. The van der Waals surface area contributed by atoms with Gasteiger partial charge in [-0.05, 0) is 28.1 Å². The maximum atomic E-state index is 12.0. The Balaban J connectivity index is 2.10. The van der Waals surface area contributed by atoms with Crippen LogP contribution in [0.25, 0.3) is 0 Å². The van der Waals surface area contributed by atoms with Gasteiger partial charge in [0.05, 0.1) is 16.8 Å². The Morgan fingerprint density at radius 2 is 2.32 bits per heavy atom. The summed E-state index contributed by atoms with van der Waals surface area (Å²) in [6, 6.07) is 5.19. The van der Waals surface area contributed by atoms with Crippen LogP contribution in [0.5, 0.6) is 0 Å². The lowest BCUT2D eigenvalue weighted by molar-refractivity contribution is 0.0951. The SMILES string of the molecule is Cn1ncc(CNC(=O)c2cccc(Br)c2Cl)c1N. The van der Waals surface area contributed by atoms with Gasteiger partial charge in [0.1, 0.15) is 5.82 Å². The quantitative estimate of drug-likeness (QED) is 0.898. The zero-order chi connectivity index (χ0) is 14.0. The molecule has 1 aromatic heterocycles. The van der Waals surface area contributed by atoms with Crippen molar-refractivity contribution in [2.75, 3.05) is 5.73 Å². The summed E-state index contributed by atoms with van der Waals surface area (Å²) in [5.41, 5.74) is 6.98. The number of amides is 1. The second-order valence-corrected chi connectivity index (χ2v) is 5.20. The number of hydrogen-bond acceptors (Lipinski definition) is 3. The molecule has 1 aromatic carbocycles. The minimum Gasteiger partial charge on any atom is -0.384 e. The third-order valence-corrected chi connectivity index (χ3v) is 4.00. The predicted molar refractivity (Wildman–Crippen MR) is 77.9 cm³/mol. The second-order valence-electron chi connectivity index (χ2n) is 3.96. The summed E-state index contributed by atoms with van der Waals surface area (Å²) in [6.45, 7) is 0.307. The van der Waals surface area contributed by atoms with Gasteiger partial charge in [-0.15, -0.1) is 0 Å². The lowest BCUT2D eigenvalue weighted by atomic mass is 10.2. The molecule has 2 aromatic rings. The molecule has 0 fully saturated rings. The zero-order valence-electron chi connectivity index (χ0n) is 10.2. The lowest BCUT2D eigenvalue weighted by Crippen LogP contribution is -2.23. The Bertz CT molecular complexity index is 626. The molecule has 0 unspecified atom stereocenters. The highest BCUT2D eigenvalue weighted by Crippen LogP contribution is 2.25. The fourth-order valence-corrected chi connectivity index (χ4v) is 2.16. The third-order valence-electron chi connectivity index (χ3n) is 2.70. The Morgan fingerprint density at radius 3 is 2.95 bits per heavy atom. The number of aryl methyl sites for hydroxylation is 1. The molecule has 19 heavy (non-hydrogen) atoms. The van der Waals surface area contributed by atoms with Crippen LogP contribution in [0.1, 0.15) is 15.9 Å². The van der Waals surface area contributed by atoms with Crippen LogP contribution in [-0.4, -0.2) is 15.7 Å². The molecule has 100 valence electrons. The van der Waals surface area contributed by atoms with Gasteiger partial charge in [0.15, 0.2) is 0 Å². The van der Waals surface area contributed by atoms with E-state index in [0.717, 1.165) is 5.56 Å². The summed E-state index contributed by atoms with van der Waals surface area (Å²) in [5.74, 6) is 0.273. The van der Waals surface area contributed by atoms with Crippen molar-refractivity contribution in [1.82, 2.24) is 15.1 Å². The number of nitrogens with zero attached hydrogens (tertiary/aromatic N) is 2. The molecule has 2 rings (SSSR count). The summed E-state index contributed by atoms with van der Waals surface area (Å²) in [5, 5.41) is 7.15. The zero-order valence-corrected chi connectivity index (χ0v) is 12.5. The van der Waals surface area contributed by atoms with Gasteiger partial charge in [-0.2, -0.15) is 5.10 Å². The van der Waals surface area contributed by atoms with Crippen LogP contribution in [0.4, 0.5) is 5.82 Å². The summed E-state index contributed by atoms with van der Waals surface area (Å²) in [7, 11) is 1.74. The first kappa shape index (κ1) is 13.9. The molecule has 1 heterocycles. The average molecular weight is 344 g/mol. The van der Waals surface area contributed by atoms with Crippen LogP contribution < -0.4 is 11.1 Å². The number of carbonyl (C=O) groups excluding carboxylic acids is 1. The van der Waals surface area contributed by atoms with Gasteiger partial charge in [-0.1, -0.05) is 17.7 Å². The summed E-state index contributed by atoms with van der Waals surface area (Å²) in [4.78, 5) is 12.0. The van der Waals surface area contributed by atoms with Gasteiger partial charge < -0.3 is 11.1 Å². The Morgan fingerprint density at radius 1 is 1.58 bits per heavy atom. The first-order valence-corrected chi connectivity index (χ1v) is 6.66. The summed E-state index contributed by atoms with van der Waals surface area (Å²) in [6.07, 6.45) is 1.62. The van der Waals surface area contributed by atoms with Crippen LogP contribution in [0.2, 0.25) is 5.02 Å². The van der Waals surface area contributed by atoms with E-state index in [-0.39, 0.29) is 5.91 Å². The molecule has 7 heteroatoms. The van der Waals surface area contributed by atoms with Crippen LogP contribution in [0.3, 0.4) is 0 Å². The Hall–Kier alpha value is -1.53. The first-order chi connectivity index (χ1) is 9.00. The molecule has 0 saturated carbocycles. The van der Waals surface area contributed by atoms with Crippen molar-refractivity contribution in [3.8, 4) is 0 Å². The predicted octanol–water partition coefficient (Wildman–Crippen LogP) is 2.35. The summed E-state index contributed by atoms with van der Waals surface area (Å²) >= 11 is 9.34. The molecule has 5 nitrogen and oxygen atoms in total. The number of nitrogens with two attached hydrogens (primary N) is 1. The molecular weight excluding hydrogens is 332 g/mol. The minimum absolute atomic E-state index is 0.255. The number of hydrogen-bond donors (Lipinski definition) is 2. The van der Waals surface area contributed by atoms with E-state index in [0.29, 0.717) is 27.4 Å². The molecule has 0 aliphatic heterocycles. The van der Waals surface area contributed by atoms with E-state index in [1.165, 1.54) is 0 Å². The van der Waals surface area contributed by atoms with E-state index in [4.69, 9.17) is 17.3 Å². The summed E-state index contributed by atoms with van der Waals surface area (Å²) < 4.78 is 2.23. The molecule has 0 saturated heterocycles. The van der Waals surface area contributed by atoms with Crippen molar-refractivity contribution in [1.29, 1.82) is 0 Å². The molecule has 0 radical (unpaired) electrons. The van der Waals surface area contributed by atoms with E-state index in [2.05, 4.69) is 26.3 Å². The van der Waals surface area contributed by atoms with Crippen molar-refractivity contribution < 1.29 is 4.79 Å². The molecule has 0 aliphatic carbocycles. The van der Waals surface area contributed by atoms with Crippen molar-refractivity contribution in [3.05, 3.63) is 45.0 Å². The number of nitrogen functional groups attached to an aromatic ring is 1. The monoisotopic (exact) mass is 342 g/mol. The normalized spacial score (nSPS) is 10.5. The van der Waals surface area contributed by atoms with Crippen molar-refractivity contribution in [3.63, 3.8) is 0 Å². The van der Waals surface area contributed by atoms with Crippen LogP contribution >= 0.6 is 27.5 Å². The van der Waals surface area contributed by atoms with Crippen molar-refractivity contribution in [2.24, 2.45) is 7.05 Å². The maximum absolute atomic E-state index is 12.0. The number of halogens is 2. The van der Waals surface area contributed by atoms with E-state index in [1.807, 2.05) is 0 Å². The number of anilines is 1. The van der Waals surface area contributed by atoms with E-state index >= 15 is 0 Å². The Labute approximate surface area is 123 Å². The molecular formula is C12H12BrClN4O. The minimum atomic E-state index is -0.255. The van der Waals surface area contributed by atoms with Gasteiger partial charge in [0, 0.05) is 23.6 Å². The third kappa shape index (κ3) is 2.90. The fraction of sp³-hybridized carbons (Fsp3) is 0.167. The number of benzene rings is 1. The molecule has 0 spiro atoms. The van der Waals surface area contributed by atoms with Crippen LogP contribution in [-0.2, 0) is 13.6 Å². The fourth-order valence-electron chi connectivity index (χ4n) is 1.58. The smallest absolute Gasteiger partial charge is 0.253 e. The van der Waals surface area contributed by atoms with Gasteiger partial charge in [-0.3, -0.25) is 9.48 Å². The number of aromatic nitrogens is 2. The topological polar surface area (TPSA) is 72.9 Å². The van der Waals surface area contributed by atoms with Crippen LogP contribution in [0.15, 0.2) is 28.9 Å². The number of nitrogens with one attached hydrogen (secondary N) is 1. The standard InChI is InChI=1S/C12H12BrClN4O/c1-18-11(15)7(6-17-18)5-16-12(19)8-3-2-4-9(13)10(8)14/h2-4,6H,5,15H2,1H3,(H,16,19). The first-order valence-electron chi connectivity index (χ1n) is 5.49. The van der Waals surface area contributed by atoms with E-state index in [9.17, 15) is 4.79 Å². The lowest BCUT2D eigenvalue weighted by Gasteiger charge is -2.07. The highest BCUT2D eigenvalue weighted by Gasteiger charge is 2.13. The van der Waals surface area contributed by atoms with Gasteiger partial charge in [0.2, 0.25) is 0 Å². The number of rotatable bonds is 3.